The zero-order valence-corrected chi connectivity index (χ0v) is 23.1. The Hall–Kier alpha value is -3.54. The number of carbonyl (C=O) groups excluding carboxylic acids is 3. The van der Waals surface area contributed by atoms with Crippen molar-refractivity contribution in [2.75, 3.05) is 31.3 Å². The van der Waals surface area contributed by atoms with Crippen molar-refractivity contribution in [2.45, 2.75) is 32.6 Å². The minimum Gasteiger partial charge on any atom is -0.462 e. The lowest BCUT2D eigenvalue weighted by atomic mass is 10.1. The molecule has 37 heavy (non-hydrogen) atoms. The summed E-state index contributed by atoms with van der Waals surface area (Å²) in [5.41, 5.74) is 3.25. The Balaban J connectivity index is 1.93. The van der Waals surface area contributed by atoms with Crippen LogP contribution in [0.1, 0.15) is 54.0 Å². The van der Waals surface area contributed by atoms with Crippen LogP contribution in [-0.4, -0.2) is 51.2 Å². The third-order valence-corrected chi connectivity index (χ3v) is 8.62. The quantitative estimate of drug-likeness (QED) is 0.400. The van der Waals surface area contributed by atoms with Crippen molar-refractivity contribution in [1.82, 2.24) is 4.31 Å². The van der Waals surface area contributed by atoms with Gasteiger partial charge in [0.05, 0.1) is 21.9 Å². The van der Waals surface area contributed by atoms with Crippen molar-refractivity contribution in [1.29, 1.82) is 0 Å². The first-order chi connectivity index (χ1) is 17.4. The van der Waals surface area contributed by atoms with Crippen LogP contribution in [0.4, 0.5) is 10.7 Å². The molecule has 0 aliphatic carbocycles. The number of ether oxygens (including phenoxy) is 1. The van der Waals surface area contributed by atoms with E-state index < -0.39 is 27.8 Å². The monoisotopic (exact) mass is 543 g/mol. The molecule has 0 aliphatic rings. The molecule has 196 valence electrons. The SMILES string of the molecule is CCOC(=O)c1c(NC(=O)c2ccc(S(=O)(=O)N(C)C)cc2)sc(C(=O)Nc2ccc(C)cc2C)c1C. The van der Waals surface area contributed by atoms with Crippen LogP contribution in [0.3, 0.4) is 0 Å². The summed E-state index contributed by atoms with van der Waals surface area (Å²) in [7, 11) is -0.815. The normalized spacial score (nSPS) is 11.3. The van der Waals surface area contributed by atoms with Gasteiger partial charge in [0.15, 0.2) is 0 Å². The standard InChI is InChI=1S/C26H29N3O6S2/c1-7-35-26(32)21-17(4)22(24(31)27-20-13-8-15(2)14-16(20)3)36-25(21)28-23(30)18-9-11-19(12-10-18)37(33,34)29(5)6/h8-14H,7H2,1-6H3,(H,27,31)(H,28,30). The summed E-state index contributed by atoms with van der Waals surface area (Å²) >= 11 is 0.964. The van der Waals surface area contributed by atoms with E-state index in [0.717, 1.165) is 26.8 Å². The van der Waals surface area contributed by atoms with E-state index in [1.807, 2.05) is 26.0 Å². The molecule has 0 atom stereocenters. The summed E-state index contributed by atoms with van der Waals surface area (Å²) in [4.78, 5) is 39.2. The molecule has 2 aromatic carbocycles. The van der Waals surface area contributed by atoms with E-state index >= 15 is 0 Å². The van der Waals surface area contributed by atoms with Gasteiger partial charge in [0.25, 0.3) is 11.8 Å². The molecule has 9 nitrogen and oxygen atoms in total. The van der Waals surface area contributed by atoms with Crippen LogP contribution in [-0.2, 0) is 14.8 Å². The topological polar surface area (TPSA) is 122 Å². The maximum Gasteiger partial charge on any atom is 0.341 e. The van der Waals surface area contributed by atoms with Crippen LogP contribution in [0.25, 0.3) is 0 Å². The molecule has 0 bridgehead atoms. The molecule has 0 spiro atoms. The molecule has 0 saturated heterocycles. The molecule has 0 unspecified atom stereocenters. The highest BCUT2D eigenvalue weighted by molar-refractivity contribution is 7.89. The number of sulfonamides is 1. The van der Waals surface area contributed by atoms with Crippen LogP contribution in [0.5, 0.6) is 0 Å². The number of aryl methyl sites for hydroxylation is 2. The van der Waals surface area contributed by atoms with Gasteiger partial charge in [0.2, 0.25) is 10.0 Å². The second-order valence-electron chi connectivity index (χ2n) is 8.52. The maximum absolute atomic E-state index is 13.1. The molecule has 0 saturated carbocycles. The summed E-state index contributed by atoms with van der Waals surface area (Å²) in [6, 6.07) is 11.1. The lowest BCUT2D eigenvalue weighted by Crippen LogP contribution is -2.22. The van der Waals surface area contributed by atoms with Gasteiger partial charge in [-0.15, -0.1) is 11.3 Å². The number of carbonyl (C=O) groups is 3. The minimum atomic E-state index is -3.65. The number of hydrogen-bond donors (Lipinski definition) is 2. The number of amides is 2. The Kier molecular flexibility index (Phi) is 8.52. The Morgan fingerprint density at radius 3 is 2.16 bits per heavy atom. The minimum absolute atomic E-state index is 0.0404. The lowest BCUT2D eigenvalue weighted by Gasteiger charge is -2.11. The largest absolute Gasteiger partial charge is 0.462 e. The van der Waals surface area contributed by atoms with E-state index in [-0.39, 0.29) is 32.5 Å². The average molecular weight is 544 g/mol. The molecule has 3 rings (SSSR count). The number of rotatable bonds is 8. The molecule has 1 aromatic heterocycles. The van der Waals surface area contributed by atoms with Crippen LogP contribution in [0, 0.1) is 20.8 Å². The van der Waals surface area contributed by atoms with Gasteiger partial charge in [-0.3, -0.25) is 9.59 Å². The average Bonchev–Trinajstić information content (AvgIpc) is 3.16. The molecule has 0 aliphatic heterocycles. The van der Waals surface area contributed by atoms with E-state index in [1.54, 1.807) is 19.9 Å². The van der Waals surface area contributed by atoms with E-state index in [4.69, 9.17) is 4.74 Å². The predicted molar refractivity (Wildman–Crippen MR) is 144 cm³/mol. The third kappa shape index (κ3) is 6.07. The Morgan fingerprint density at radius 2 is 1.59 bits per heavy atom. The Bertz CT molecular complexity index is 1460. The number of anilines is 2. The van der Waals surface area contributed by atoms with Crippen LogP contribution < -0.4 is 10.6 Å². The number of nitrogens with zero attached hydrogens (tertiary/aromatic N) is 1. The van der Waals surface area contributed by atoms with Crippen molar-refractivity contribution in [3.63, 3.8) is 0 Å². The van der Waals surface area contributed by atoms with Gasteiger partial charge >= 0.3 is 5.97 Å². The zero-order valence-electron chi connectivity index (χ0n) is 21.5. The first-order valence-corrected chi connectivity index (χ1v) is 13.7. The van der Waals surface area contributed by atoms with Gasteiger partial charge < -0.3 is 15.4 Å². The second-order valence-corrected chi connectivity index (χ2v) is 11.7. The number of thiophene rings is 1. The fraction of sp³-hybridized carbons (Fsp3) is 0.269. The molecule has 1 heterocycles. The predicted octanol–water partition coefficient (Wildman–Crippen LogP) is 4.60. The number of esters is 1. The van der Waals surface area contributed by atoms with Crippen LogP contribution >= 0.6 is 11.3 Å². The highest BCUT2D eigenvalue weighted by Gasteiger charge is 2.27. The third-order valence-electron chi connectivity index (χ3n) is 5.58. The molecular weight excluding hydrogens is 514 g/mol. The van der Waals surface area contributed by atoms with E-state index in [0.29, 0.717) is 11.3 Å². The molecule has 0 radical (unpaired) electrons. The van der Waals surface area contributed by atoms with Gasteiger partial charge in [-0.1, -0.05) is 17.7 Å². The smallest absolute Gasteiger partial charge is 0.341 e. The summed E-state index contributed by atoms with van der Waals surface area (Å²) in [5, 5.41) is 5.71. The van der Waals surface area contributed by atoms with Gasteiger partial charge in [0, 0.05) is 25.3 Å². The van der Waals surface area contributed by atoms with Crippen LogP contribution in [0.15, 0.2) is 47.4 Å². The number of nitrogens with one attached hydrogen (secondary N) is 2. The van der Waals surface area contributed by atoms with Gasteiger partial charge in [0.1, 0.15) is 5.00 Å². The Morgan fingerprint density at radius 1 is 0.946 bits per heavy atom. The number of benzene rings is 2. The summed E-state index contributed by atoms with van der Waals surface area (Å²) < 4.78 is 30.8. The van der Waals surface area contributed by atoms with E-state index in [2.05, 4.69) is 10.6 Å². The van der Waals surface area contributed by atoms with Crippen molar-refractivity contribution in [3.05, 3.63) is 75.2 Å². The first kappa shape index (κ1) is 28.0. The first-order valence-electron chi connectivity index (χ1n) is 11.4. The fourth-order valence-electron chi connectivity index (χ4n) is 3.56. The molecule has 2 N–H and O–H groups in total. The van der Waals surface area contributed by atoms with E-state index in [9.17, 15) is 22.8 Å². The van der Waals surface area contributed by atoms with Gasteiger partial charge in [-0.2, -0.15) is 0 Å². The van der Waals surface area contributed by atoms with E-state index in [1.165, 1.54) is 38.4 Å². The molecule has 3 aromatic rings. The highest BCUT2D eigenvalue weighted by Crippen LogP contribution is 2.35. The van der Waals surface area contributed by atoms with Crippen LogP contribution in [0.2, 0.25) is 0 Å². The van der Waals surface area contributed by atoms with Crippen molar-refractivity contribution in [2.24, 2.45) is 0 Å². The van der Waals surface area contributed by atoms with Crippen molar-refractivity contribution in [3.8, 4) is 0 Å². The summed E-state index contributed by atoms with van der Waals surface area (Å²) in [6.45, 7) is 7.24. The number of hydrogen-bond acceptors (Lipinski definition) is 7. The zero-order chi connectivity index (χ0) is 27.5. The highest BCUT2D eigenvalue weighted by atomic mass is 32.2. The van der Waals surface area contributed by atoms with Crippen molar-refractivity contribution >= 4 is 49.8 Å². The maximum atomic E-state index is 13.1. The second kappa shape index (κ2) is 11.2. The molecule has 0 fully saturated rings. The molecular formula is C26H29N3O6S2. The van der Waals surface area contributed by atoms with Gasteiger partial charge in [-0.25, -0.2) is 17.5 Å². The molecule has 2 amide bonds. The fourth-order valence-corrected chi connectivity index (χ4v) is 5.55. The van der Waals surface area contributed by atoms with Gasteiger partial charge in [-0.05, 0) is 69.2 Å². The summed E-state index contributed by atoms with van der Waals surface area (Å²) in [6.07, 6.45) is 0. The Labute approximate surface area is 220 Å². The lowest BCUT2D eigenvalue weighted by molar-refractivity contribution is 0.0527. The molecule has 11 heteroatoms. The van der Waals surface area contributed by atoms with Crippen molar-refractivity contribution < 1.29 is 27.5 Å². The summed E-state index contributed by atoms with van der Waals surface area (Å²) in [5.74, 6) is -1.65.